The molecule has 1 aliphatic rings. The third-order valence-corrected chi connectivity index (χ3v) is 5.16. The number of para-hydroxylation sites is 1. The Bertz CT molecular complexity index is 897. The average molecular weight is 452 g/mol. The number of carbonyl (C=O) groups is 4. The molecule has 0 radical (unpaired) electrons. The van der Waals surface area contributed by atoms with Crippen LogP contribution < -0.4 is 5.32 Å². The molecule has 174 valence electrons. The molecule has 12 heteroatoms. The number of hydrogen-bond acceptors (Lipinski definition) is 11. The normalized spacial score (nSPS) is 21.3. The molecule has 0 aliphatic carbocycles. The van der Waals surface area contributed by atoms with Crippen LogP contribution in [0.25, 0.3) is 0 Å². The van der Waals surface area contributed by atoms with Crippen molar-refractivity contribution >= 4 is 29.6 Å². The maximum absolute atomic E-state index is 13.1. The lowest BCUT2D eigenvalue weighted by atomic mass is 9.77. The van der Waals surface area contributed by atoms with Crippen LogP contribution in [0.15, 0.2) is 24.3 Å². The summed E-state index contributed by atoms with van der Waals surface area (Å²) in [5, 5.41) is 14.3. The summed E-state index contributed by atoms with van der Waals surface area (Å²) in [7, 11) is 2.05. The van der Waals surface area contributed by atoms with Crippen molar-refractivity contribution in [3.8, 4) is 0 Å². The lowest BCUT2D eigenvalue weighted by Crippen LogP contribution is -2.62. The molecule has 1 aromatic carbocycles. The predicted octanol–water partition coefficient (Wildman–Crippen LogP) is 0.682. The topological polar surface area (TPSA) is 160 Å². The Balaban J connectivity index is 2.86. The molecule has 32 heavy (non-hydrogen) atoms. The quantitative estimate of drug-likeness (QED) is 0.194. The summed E-state index contributed by atoms with van der Waals surface area (Å²) in [6.07, 6.45) is 0. The molecule has 0 saturated carbocycles. The van der Waals surface area contributed by atoms with Gasteiger partial charge in [-0.05, 0) is 13.8 Å². The van der Waals surface area contributed by atoms with Crippen molar-refractivity contribution in [3.63, 3.8) is 0 Å². The number of esters is 4. The van der Waals surface area contributed by atoms with E-state index in [-0.39, 0.29) is 18.8 Å². The number of nitrogens with one attached hydrogen (secondary N) is 1. The van der Waals surface area contributed by atoms with E-state index in [9.17, 15) is 29.3 Å². The van der Waals surface area contributed by atoms with Gasteiger partial charge in [0.1, 0.15) is 5.92 Å². The monoisotopic (exact) mass is 452 g/mol. The van der Waals surface area contributed by atoms with Gasteiger partial charge in [-0.25, -0.2) is 9.59 Å². The first-order valence-electron chi connectivity index (χ1n) is 9.72. The number of nitrogens with zero attached hydrogens (tertiary/aromatic N) is 1. The fourth-order valence-corrected chi connectivity index (χ4v) is 3.88. The van der Waals surface area contributed by atoms with E-state index in [2.05, 4.69) is 5.32 Å². The van der Waals surface area contributed by atoms with Crippen molar-refractivity contribution in [2.45, 2.75) is 25.4 Å². The zero-order chi connectivity index (χ0) is 24.1. The zero-order valence-corrected chi connectivity index (χ0v) is 18.0. The summed E-state index contributed by atoms with van der Waals surface area (Å²) >= 11 is 0. The number of nitro benzene ring substituents is 1. The smallest absolute Gasteiger partial charge is 0.339 e. The summed E-state index contributed by atoms with van der Waals surface area (Å²) in [5.74, 6) is -7.82. The minimum absolute atomic E-state index is 0.0442. The van der Waals surface area contributed by atoms with Crippen LogP contribution in [0.4, 0.5) is 5.69 Å². The number of methoxy groups -OCH3 is 2. The molecule has 1 saturated heterocycles. The van der Waals surface area contributed by atoms with E-state index in [1.165, 1.54) is 38.1 Å². The summed E-state index contributed by atoms with van der Waals surface area (Å²) in [6.45, 7) is 2.65. The number of carbonyl (C=O) groups excluding carboxylic acids is 4. The molecule has 0 amide bonds. The Labute approximate surface area is 183 Å². The van der Waals surface area contributed by atoms with Crippen LogP contribution in [0.5, 0.6) is 0 Å². The van der Waals surface area contributed by atoms with Crippen LogP contribution in [0.1, 0.15) is 25.5 Å². The van der Waals surface area contributed by atoms with Gasteiger partial charge in [0, 0.05) is 11.6 Å². The molecule has 1 aromatic rings. The van der Waals surface area contributed by atoms with Gasteiger partial charge in [0.25, 0.3) is 5.69 Å². The molecule has 1 fully saturated rings. The summed E-state index contributed by atoms with van der Waals surface area (Å²) in [5.41, 5.74) is -2.95. The maximum Gasteiger partial charge on any atom is 0.339 e. The first kappa shape index (κ1) is 24.7. The summed E-state index contributed by atoms with van der Waals surface area (Å²) in [6, 6.07) is 4.05. The largest absolute Gasteiger partial charge is 0.469 e. The Morgan fingerprint density at radius 1 is 1.00 bits per heavy atom. The Morgan fingerprint density at radius 2 is 1.53 bits per heavy atom. The van der Waals surface area contributed by atoms with Gasteiger partial charge in [0.2, 0.25) is 5.54 Å². The van der Waals surface area contributed by atoms with E-state index in [0.29, 0.717) is 0 Å². The Kier molecular flexibility index (Phi) is 7.87. The van der Waals surface area contributed by atoms with E-state index in [4.69, 9.17) is 18.9 Å². The molecule has 0 spiro atoms. The van der Waals surface area contributed by atoms with Gasteiger partial charge in [-0.1, -0.05) is 18.2 Å². The minimum Gasteiger partial charge on any atom is -0.469 e. The van der Waals surface area contributed by atoms with Crippen molar-refractivity contribution < 1.29 is 43.0 Å². The van der Waals surface area contributed by atoms with Crippen molar-refractivity contribution in [2.24, 2.45) is 11.8 Å². The second kappa shape index (κ2) is 10.2. The van der Waals surface area contributed by atoms with Crippen molar-refractivity contribution in [1.29, 1.82) is 0 Å². The molecule has 0 aromatic heterocycles. The van der Waals surface area contributed by atoms with E-state index < -0.39 is 57.9 Å². The maximum atomic E-state index is 13.1. The second-order valence-electron chi connectivity index (χ2n) is 6.74. The predicted molar refractivity (Wildman–Crippen MR) is 106 cm³/mol. The van der Waals surface area contributed by atoms with Gasteiger partial charge in [-0.3, -0.25) is 25.0 Å². The fourth-order valence-electron chi connectivity index (χ4n) is 3.88. The molecule has 0 bridgehead atoms. The van der Waals surface area contributed by atoms with E-state index in [0.717, 1.165) is 14.2 Å². The molecule has 2 rings (SSSR count). The van der Waals surface area contributed by atoms with Gasteiger partial charge in [0.05, 0.1) is 44.3 Å². The van der Waals surface area contributed by atoms with Gasteiger partial charge in [0.15, 0.2) is 0 Å². The molecule has 12 nitrogen and oxygen atoms in total. The van der Waals surface area contributed by atoms with Gasteiger partial charge in [-0.2, -0.15) is 0 Å². The first-order valence-corrected chi connectivity index (χ1v) is 9.72. The molecule has 1 heterocycles. The number of benzene rings is 1. The molecule has 0 unspecified atom stereocenters. The molecular weight excluding hydrogens is 428 g/mol. The highest BCUT2D eigenvalue weighted by atomic mass is 16.6. The molecular formula is C20H24N2O10. The Morgan fingerprint density at radius 3 is 2.00 bits per heavy atom. The second-order valence-corrected chi connectivity index (χ2v) is 6.74. The van der Waals surface area contributed by atoms with Crippen molar-refractivity contribution in [1.82, 2.24) is 5.32 Å². The first-order chi connectivity index (χ1) is 15.2. The third kappa shape index (κ3) is 4.13. The van der Waals surface area contributed by atoms with Crippen LogP contribution in [0, 0.1) is 22.0 Å². The van der Waals surface area contributed by atoms with Crippen LogP contribution in [0.3, 0.4) is 0 Å². The van der Waals surface area contributed by atoms with E-state index in [1.54, 1.807) is 0 Å². The molecule has 3 atom stereocenters. The standard InChI is InChI=1S/C20H24N2O10/c1-5-31-18(25)20(19(26)32-6-2)14(17(24)30-4)13(16(23)29-3)15(21-20)11-9-7-8-10-12(11)22(27)28/h7-10,13-15,21H,5-6H2,1-4H3/t13-,14-,15-/m1/s1. The molecule has 1 N–H and O–H groups in total. The Hall–Kier alpha value is -3.54. The lowest BCUT2D eigenvalue weighted by molar-refractivity contribution is -0.385. The van der Waals surface area contributed by atoms with Crippen LogP contribution in [-0.2, 0) is 38.1 Å². The summed E-state index contributed by atoms with van der Waals surface area (Å²) in [4.78, 5) is 62.8. The highest BCUT2D eigenvalue weighted by Gasteiger charge is 2.70. The van der Waals surface area contributed by atoms with E-state index >= 15 is 0 Å². The summed E-state index contributed by atoms with van der Waals surface area (Å²) < 4.78 is 19.7. The SMILES string of the molecule is CCOC(=O)C1(C(=O)OCC)N[C@H](c2ccccc2[N+](=O)[O-])[C@H](C(=O)OC)[C@@H]1C(=O)OC. The molecule has 1 aliphatic heterocycles. The number of ether oxygens (including phenoxy) is 4. The highest BCUT2D eigenvalue weighted by molar-refractivity contribution is 6.11. The van der Waals surface area contributed by atoms with E-state index in [1.807, 2.05) is 0 Å². The highest BCUT2D eigenvalue weighted by Crippen LogP contribution is 2.47. The van der Waals surface area contributed by atoms with Crippen molar-refractivity contribution in [3.05, 3.63) is 39.9 Å². The van der Waals surface area contributed by atoms with Gasteiger partial charge >= 0.3 is 23.9 Å². The van der Waals surface area contributed by atoms with Crippen molar-refractivity contribution in [2.75, 3.05) is 27.4 Å². The van der Waals surface area contributed by atoms with Gasteiger partial charge < -0.3 is 18.9 Å². The zero-order valence-electron chi connectivity index (χ0n) is 18.0. The van der Waals surface area contributed by atoms with Crippen LogP contribution >= 0.6 is 0 Å². The minimum atomic E-state index is -2.51. The number of hydrogen-bond donors (Lipinski definition) is 1. The van der Waals surface area contributed by atoms with Crippen LogP contribution in [-0.4, -0.2) is 61.8 Å². The van der Waals surface area contributed by atoms with Gasteiger partial charge in [-0.15, -0.1) is 0 Å². The van der Waals surface area contributed by atoms with Crippen LogP contribution in [0.2, 0.25) is 0 Å². The fraction of sp³-hybridized carbons (Fsp3) is 0.500. The average Bonchev–Trinajstić information content (AvgIpc) is 3.15. The number of rotatable bonds is 8. The number of nitro groups is 1. The third-order valence-electron chi connectivity index (χ3n) is 5.16. The lowest BCUT2D eigenvalue weighted by Gasteiger charge is -2.30.